The maximum Gasteiger partial charge on any atom is 0.255 e. The molecule has 5 rings (SSSR count). The topological polar surface area (TPSA) is 96.9 Å². The molecule has 0 spiro atoms. The van der Waals surface area contributed by atoms with Crippen LogP contribution in [0.3, 0.4) is 0 Å². The smallest absolute Gasteiger partial charge is 0.255 e. The second kappa shape index (κ2) is 10.2. The number of ether oxygens (including phenoxy) is 2. The number of para-hydroxylation sites is 1. The maximum atomic E-state index is 13.7. The van der Waals surface area contributed by atoms with E-state index in [0.717, 1.165) is 22.2 Å². The van der Waals surface area contributed by atoms with Gasteiger partial charge in [0.1, 0.15) is 5.69 Å². The lowest BCUT2D eigenvalue weighted by molar-refractivity contribution is -0.117. The molecule has 2 aliphatic rings. The first-order valence-electron chi connectivity index (χ1n) is 11.5. The number of benzene rings is 1. The van der Waals surface area contributed by atoms with E-state index in [1.807, 2.05) is 34.1 Å². The fourth-order valence-corrected chi connectivity index (χ4v) is 4.78. The number of fused-ring (bicyclic) bond motifs is 2. The molecule has 1 N–H and O–H groups in total. The highest BCUT2D eigenvalue weighted by Crippen LogP contribution is 2.30. The first-order chi connectivity index (χ1) is 17.0. The molecule has 9 nitrogen and oxygen atoms in total. The van der Waals surface area contributed by atoms with E-state index in [1.165, 1.54) is 13.3 Å². The molecule has 4 heterocycles. The lowest BCUT2D eigenvalue weighted by Crippen LogP contribution is -2.42. The summed E-state index contributed by atoms with van der Waals surface area (Å²) >= 11 is 6.03. The Morgan fingerprint density at radius 2 is 2.00 bits per heavy atom. The third-order valence-corrected chi connectivity index (χ3v) is 6.50. The van der Waals surface area contributed by atoms with Crippen LogP contribution in [0.4, 0.5) is 5.69 Å². The minimum atomic E-state index is -0.217. The number of nitrogens with zero attached hydrogens (tertiary/aromatic N) is 4. The Hall–Kier alpha value is -3.27. The third kappa shape index (κ3) is 4.93. The first-order valence-corrected chi connectivity index (χ1v) is 11.9. The number of amides is 2. The summed E-state index contributed by atoms with van der Waals surface area (Å²) in [5.41, 5.74) is 3.71. The van der Waals surface area contributed by atoms with Crippen LogP contribution in [0.25, 0.3) is 10.9 Å². The summed E-state index contributed by atoms with van der Waals surface area (Å²) in [5, 5.41) is 4.07. The average molecular weight is 496 g/mol. The van der Waals surface area contributed by atoms with Crippen LogP contribution in [0, 0.1) is 0 Å². The second-order valence-corrected chi connectivity index (χ2v) is 8.99. The van der Waals surface area contributed by atoms with Crippen molar-refractivity contribution >= 4 is 40.0 Å². The zero-order valence-corrected chi connectivity index (χ0v) is 20.2. The number of hydrogen-bond acceptors (Lipinski definition) is 7. The van der Waals surface area contributed by atoms with Crippen molar-refractivity contribution in [2.24, 2.45) is 0 Å². The summed E-state index contributed by atoms with van der Waals surface area (Å²) in [6.07, 6.45) is 2.11. The minimum absolute atomic E-state index is 0.0100. The number of anilines is 1. The number of morpholine rings is 1. The number of nitrogens with one attached hydrogen (secondary N) is 1. The Balaban J connectivity index is 1.41. The molecule has 1 fully saturated rings. The Morgan fingerprint density at radius 1 is 1.20 bits per heavy atom. The Kier molecular flexibility index (Phi) is 6.81. The highest BCUT2D eigenvalue weighted by atomic mass is 35.5. The number of carbonyl (C=O) groups is 2. The number of rotatable bonds is 5. The predicted molar refractivity (Wildman–Crippen MR) is 132 cm³/mol. The van der Waals surface area contributed by atoms with Gasteiger partial charge in [0.25, 0.3) is 5.91 Å². The summed E-state index contributed by atoms with van der Waals surface area (Å²) in [7, 11) is 1.48. The van der Waals surface area contributed by atoms with Gasteiger partial charge in [-0.15, -0.1) is 0 Å². The summed E-state index contributed by atoms with van der Waals surface area (Å²) < 4.78 is 10.7. The van der Waals surface area contributed by atoms with Crippen LogP contribution in [0.5, 0.6) is 5.88 Å². The van der Waals surface area contributed by atoms with Crippen LogP contribution in [0.15, 0.2) is 36.5 Å². The van der Waals surface area contributed by atoms with Gasteiger partial charge in [-0.05, 0) is 12.1 Å². The summed E-state index contributed by atoms with van der Waals surface area (Å²) in [4.78, 5) is 39.3. The van der Waals surface area contributed by atoms with E-state index in [-0.39, 0.29) is 18.4 Å². The van der Waals surface area contributed by atoms with E-state index in [4.69, 9.17) is 26.1 Å². The second-order valence-electron chi connectivity index (χ2n) is 8.55. The predicted octanol–water partition coefficient (Wildman–Crippen LogP) is 2.76. The van der Waals surface area contributed by atoms with Crippen LogP contribution < -0.4 is 10.1 Å². The fourth-order valence-electron chi connectivity index (χ4n) is 4.62. The molecule has 3 aromatic rings. The Labute approximate surface area is 208 Å². The average Bonchev–Trinajstić information content (AvgIpc) is 2.87. The van der Waals surface area contributed by atoms with Gasteiger partial charge in [-0.3, -0.25) is 19.5 Å². The lowest BCUT2D eigenvalue weighted by atomic mass is 9.94. The summed E-state index contributed by atoms with van der Waals surface area (Å²) in [5.74, 6) is 0.0654. The maximum absolute atomic E-state index is 13.7. The standard InChI is InChI=1S/C25H26ClN5O4/c1-34-24-21(12-16(26)13-27-24)29-22(32)15-30-7-6-20-18(14-30)23(17-4-2-3-5-19(17)28-20)25(33)31-8-10-35-11-9-31/h2-5,12-13H,6-11,14-15H2,1H3,(H,29,32). The molecule has 2 aromatic heterocycles. The van der Waals surface area contributed by atoms with Crippen LogP contribution in [-0.4, -0.2) is 78.1 Å². The third-order valence-electron chi connectivity index (χ3n) is 6.29. The number of carbonyl (C=O) groups excluding carboxylic acids is 2. The molecule has 35 heavy (non-hydrogen) atoms. The molecule has 0 radical (unpaired) electrons. The van der Waals surface area contributed by atoms with Gasteiger partial charge in [0, 0.05) is 55.4 Å². The van der Waals surface area contributed by atoms with Crippen LogP contribution in [-0.2, 0) is 22.5 Å². The normalized spacial score (nSPS) is 16.1. The molecule has 0 saturated carbocycles. The highest BCUT2D eigenvalue weighted by Gasteiger charge is 2.29. The number of methoxy groups -OCH3 is 1. The molecule has 182 valence electrons. The van der Waals surface area contributed by atoms with Gasteiger partial charge in [0.2, 0.25) is 11.8 Å². The highest BCUT2D eigenvalue weighted by molar-refractivity contribution is 6.30. The van der Waals surface area contributed by atoms with Crippen molar-refractivity contribution in [3.05, 3.63) is 58.4 Å². The molecule has 0 bridgehead atoms. The lowest BCUT2D eigenvalue weighted by Gasteiger charge is -2.32. The monoisotopic (exact) mass is 495 g/mol. The van der Waals surface area contributed by atoms with Crippen molar-refractivity contribution < 1.29 is 19.1 Å². The first kappa shape index (κ1) is 23.5. The molecule has 0 unspecified atom stereocenters. The van der Waals surface area contributed by atoms with Crippen molar-refractivity contribution in [1.82, 2.24) is 19.8 Å². The van der Waals surface area contributed by atoms with Crippen LogP contribution in [0.1, 0.15) is 21.6 Å². The van der Waals surface area contributed by atoms with Gasteiger partial charge >= 0.3 is 0 Å². The zero-order valence-electron chi connectivity index (χ0n) is 19.4. The van der Waals surface area contributed by atoms with Crippen LogP contribution in [0.2, 0.25) is 5.02 Å². The number of hydrogen-bond donors (Lipinski definition) is 1. The molecule has 1 aromatic carbocycles. The van der Waals surface area contributed by atoms with Crippen molar-refractivity contribution in [2.45, 2.75) is 13.0 Å². The molecule has 2 amide bonds. The van der Waals surface area contributed by atoms with Gasteiger partial charge in [-0.2, -0.15) is 0 Å². The Morgan fingerprint density at radius 3 is 2.80 bits per heavy atom. The Bertz CT molecular complexity index is 1280. The zero-order chi connectivity index (χ0) is 24.4. The largest absolute Gasteiger partial charge is 0.480 e. The van der Waals surface area contributed by atoms with E-state index >= 15 is 0 Å². The molecule has 0 atom stereocenters. The van der Waals surface area contributed by atoms with Crippen LogP contribution >= 0.6 is 11.6 Å². The van der Waals surface area contributed by atoms with Crippen molar-refractivity contribution in [3.8, 4) is 5.88 Å². The van der Waals surface area contributed by atoms with E-state index in [0.29, 0.717) is 68.0 Å². The van der Waals surface area contributed by atoms with Crippen molar-refractivity contribution in [2.75, 3.05) is 51.8 Å². The molecular formula is C25H26ClN5O4. The quantitative estimate of drug-likeness (QED) is 0.581. The van der Waals surface area contributed by atoms with Gasteiger partial charge in [0.05, 0.1) is 43.0 Å². The number of halogens is 1. The van der Waals surface area contributed by atoms with E-state index in [1.54, 1.807) is 6.07 Å². The molecular weight excluding hydrogens is 470 g/mol. The van der Waals surface area contributed by atoms with Gasteiger partial charge < -0.3 is 19.7 Å². The van der Waals surface area contributed by atoms with Gasteiger partial charge in [-0.1, -0.05) is 29.8 Å². The summed E-state index contributed by atoms with van der Waals surface area (Å²) in [6.45, 7) is 3.44. The molecule has 10 heteroatoms. The number of aromatic nitrogens is 2. The minimum Gasteiger partial charge on any atom is -0.480 e. The summed E-state index contributed by atoms with van der Waals surface area (Å²) in [6, 6.07) is 9.35. The molecule has 1 saturated heterocycles. The molecule has 2 aliphatic heterocycles. The SMILES string of the molecule is COc1ncc(Cl)cc1NC(=O)CN1CCc2nc3ccccc3c(C(=O)N3CCOCC3)c2C1. The van der Waals surface area contributed by atoms with Crippen molar-refractivity contribution in [3.63, 3.8) is 0 Å². The van der Waals surface area contributed by atoms with E-state index in [9.17, 15) is 9.59 Å². The molecule has 0 aliphatic carbocycles. The fraction of sp³-hybridized carbons (Fsp3) is 0.360. The number of pyridine rings is 2. The van der Waals surface area contributed by atoms with E-state index < -0.39 is 0 Å². The van der Waals surface area contributed by atoms with Crippen molar-refractivity contribution in [1.29, 1.82) is 0 Å². The van der Waals surface area contributed by atoms with E-state index in [2.05, 4.69) is 10.3 Å². The van der Waals surface area contributed by atoms with Gasteiger partial charge in [-0.25, -0.2) is 4.98 Å². The van der Waals surface area contributed by atoms with Gasteiger partial charge in [0.15, 0.2) is 0 Å².